The molecule has 200 valence electrons. The zero-order valence-electron chi connectivity index (χ0n) is 21.2. The molecule has 5 rings (SSSR count). The lowest BCUT2D eigenvalue weighted by atomic mass is 9.80. The van der Waals surface area contributed by atoms with Crippen LogP contribution in [-0.2, 0) is 16.2 Å². The molecule has 37 heavy (non-hydrogen) atoms. The van der Waals surface area contributed by atoms with Gasteiger partial charge in [-0.2, -0.15) is 0 Å². The highest BCUT2D eigenvalue weighted by molar-refractivity contribution is 7.84. The number of halogens is 2. The molecule has 0 aromatic heterocycles. The van der Waals surface area contributed by atoms with E-state index in [1.807, 2.05) is 17.0 Å². The third kappa shape index (κ3) is 5.73. The molecule has 2 saturated carbocycles. The summed E-state index contributed by atoms with van der Waals surface area (Å²) in [5.41, 5.74) is 1.58. The first-order chi connectivity index (χ1) is 17.7. The van der Waals surface area contributed by atoms with Gasteiger partial charge in [0.2, 0.25) is 0 Å². The number of hydrogen-bond acceptors (Lipinski definition) is 4. The van der Waals surface area contributed by atoms with Gasteiger partial charge in [-0.3, -0.25) is 4.21 Å². The number of carbonyl (C=O) groups excluding carboxylic acids is 1. The lowest BCUT2D eigenvalue weighted by Gasteiger charge is -2.37. The Morgan fingerprint density at radius 1 is 1.22 bits per heavy atom. The molecule has 1 saturated heterocycles. The Morgan fingerprint density at radius 3 is 2.76 bits per heavy atom. The fourth-order valence-electron chi connectivity index (χ4n) is 6.33. The molecule has 6 nitrogen and oxygen atoms in total. The van der Waals surface area contributed by atoms with Gasteiger partial charge in [0.15, 0.2) is 11.6 Å². The quantitative estimate of drug-likeness (QED) is 0.526. The Bertz CT molecular complexity index is 1180. The lowest BCUT2D eigenvalue weighted by Crippen LogP contribution is -2.46. The SMILES string of the molecule is CS(=O)c1cccc(C23CCC(N(CCCN4CCC(O)C4)C(=O)Nc4ccc(F)c(F)c4)CC2C3)c1. The molecule has 5 unspecified atom stereocenters. The van der Waals surface area contributed by atoms with Gasteiger partial charge in [0.05, 0.1) is 6.10 Å². The van der Waals surface area contributed by atoms with E-state index >= 15 is 0 Å². The van der Waals surface area contributed by atoms with Gasteiger partial charge in [-0.05, 0) is 86.2 Å². The molecule has 0 spiro atoms. The van der Waals surface area contributed by atoms with Gasteiger partial charge in [-0.1, -0.05) is 12.1 Å². The number of fused-ring (bicyclic) bond motifs is 1. The van der Waals surface area contributed by atoms with Crippen LogP contribution in [0.5, 0.6) is 0 Å². The number of urea groups is 1. The molecule has 2 aromatic carbocycles. The molecule has 5 atom stereocenters. The Balaban J connectivity index is 1.27. The summed E-state index contributed by atoms with van der Waals surface area (Å²) >= 11 is 0. The minimum Gasteiger partial charge on any atom is -0.392 e. The first-order valence-electron chi connectivity index (χ1n) is 13.1. The fourth-order valence-corrected chi connectivity index (χ4v) is 6.89. The normalized spacial score (nSPS) is 27.9. The average Bonchev–Trinajstić information content (AvgIpc) is 3.48. The second-order valence-electron chi connectivity index (χ2n) is 10.8. The molecule has 0 radical (unpaired) electrons. The molecule has 2 aromatic rings. The number of nitrogens with zero attached hydrogens (tertiary/aromatic N) is 2. The maximum absolute atomic E-state index is 13.7. The summed E-state index contributed by atoms with van der Waals surface area (Å²) in [6.45, 7) is 2.87. The second-order valence-corrected chi connectivity index (χ2v) is 12.2. The lowest BCUT2D eigenvalue weighted by molar-refractivity contribution is 0.151. The number of benzene rings is 2. The van der Waals surface area contributed by atoms with E-state index in [0.29, 0.717) is 19.0 Å². The Labute approximate surface area is 219 Å². The van der Waals surface area contributed by atoms with Gasteiger partial charge in [-0.25, -0.2) is 13.6 Å². The van der Waals surface area contributed by atoms with Crippen LogP contribution >= 0.6 is 0 Å². The van der Waals surface area contributed by atoms with Crippen molar-refractivity contribution in [1.82, 2.24) is 9.80 Å². The summed E-state index contributed by atoms with van der Waals surface area (Å²) in [6.07, 6.45) is 6.72. The number of nitrogens with one attached hydrogen (secondary N) is 1. The minimum atomic E-state index is -1.03. The van der Waals surface area contributed by atoms with E-state index in [4.69, 9.17) is 0 Å². The first kappa shape index (κ1) is 26.3. The molecule has 3 fully saturated rings. The van der Waals surface area contributed by atoms with E-state index in [1.54, 1.807) is 6.26 Å². The van der Waals surface area contributed by atoms with Gasteiger partial charge in [0.1, 0.15) is 0 Å². The molecule has 3 aliphatic rings. The van der Waals surface area contributed by atoms with E-state index in [-0.39, 0.29) is 29.3 Å². The van der Waals surface area contributed by atoms with Crippen molar-refractivity contribution in [2.75, 3.05) is 37.8 Å². The van der Waals surface area contributed by atoms with Crippen molar-refractivity contribution in [2.45, 2.75) is 61.0 Å². The topological polar surface area (TPSA) is 72.9 Å². The van der Waals surface area contributed by atoms with Crippen molar-refractivity contribution in [3.63, 3.8) is 0 Å². The number of likely N-dealkylation sites (tertiary alicyclic amines) is 1. The third-order valence-electron chi connectivity index (χ3n) is 8.45. The van der Waals surface area contributed by atoms with Crippen molar-refractivity contribution in [3.05, 3.63) is 59.7 Å². The van der Waals surface area contributed by atoms with Crippen molar-refractivity contribution in [3.8, 4) is 0 Å². The van der Waals surface area contributed by atoms with Crippen LogP contribution in [0.3, 0.4) is 0 Å². The van der Waals surface area contributed by atoms with E-state index < -0.39 is 22.4 Å². The summed E-state index contributed by atoms with van der Waals surface area (Å²) < 4.78 is 39.1. The zero-order valence-corrected chi connectivity index (χ0v) is 22.0. The highest BCUT2D eigenvalue weighted by atomic mass is 32.2. The standard InChI is InChI=1S/C28H35F2N3O3S/c1-37(36)24-5-2-4-19(15-24)28-10-8-22(14-20(28)17-28)33(12-3-11-32-13-9-23(34)18-32)27(35)31-21-6-7-25(29)26(30)16-21/h2,4-7,15-16,20,22-23,34H,3,8-14,17-18H2,1H3,(H,31,35). The number of hydrogen-bond donors (Lipinski definition) is 2. The highest BCUT2D eigenvalue weighted by Crippen LogP contribution is 2.63. The molecule has 0 bridgehead atoms. The predicted molar refractivity (Wildman–Crippen MR) is 140 cm³/mol. The molecule has 2 N–H and O–H groups in total. The minimum absolute atomic E-state index is 0.0542. The molecular weight excluding hydrogens is 496 g/mol. The maximum Gasteiger partial charge on any atom is 0.322 e. The van der Waals surface area contributed by atoms with Gasteiger partial charge >= 0.3 is 6.03 Å². The average molecular weight is 532 g/mol. The zero-order chi connectivity index (χ0) is 26.2. The van der Waals surface area contributed by atoms with Crippen LogP contribution in [-0.4, -0.2) is 69.7 Å². The van der Waals surface area contributed by atoms with Gasteiger partial charge in [-0.15, -0.1) is 0 Å². The van der Waals surface area contributed by atoms with E-state index in [0.717, 1.165) is 68.6 Å². The summed E-state index contributed by atoms with van der Waals surface area (Å²) in [6, 6.07) is 11.3. The number of carbonyl (C=O) groups is 1. The number of β-amino-alcohol motifs (C(OH)–C–C–N with tert-alkyl or cyclic N) is 1. The molecule has 2 aliphatic carbocycles. The van der Waals surface area contributed by atoms with Crippen LogP contribution in [0.25, 0.3) is 0 Å². The Kier molecular flexibility index (Phi) is 7.65. The number of anilines is 1. The summed E-state index contributed by atoms with van der Waals surface area (Å²) in [7, 11) is -1.03. The van der Waals surface area contributed by atoms with Gasteiger partial charge in [0.25, 0.3) is 0 Å². The first-order valence-corrected chi connectivity index (χ1v) is 14.7. The third-order valence-corrected chi connectivity index (χ3v) is 9.36. The van der Waals surface area contributed by atoms with Crippen molar-refractivity contribution in [2.24, 2.45) is 5.92 Å². The molecule has 9 heteroatoms. The van der Waals surface area contributed by atoms with Gasteiger partial charge in [0, 0.05) is 59.4 Å². The van der Waals surface area contributed by atoms with Crippen LogP contribution < -0.4 is 5.32 Å². The van der Waals surface area contributed by atoms with Crippen molar-refractivity contribution < 1.29 is 22.9 Å². The number of aliphatic hydroxyl groups is 1. The second kappa shape index (κ2) is 10.8. The Hall–Kier alpha value is -2.36. The fraction of sp³-hybridized carbons (Fsp3) is 0.536. The number of rotatable bonds is 8. The van der Waals surface area contributed by atoms with E-state index in [1.165, 1.54) is 11.6 Å². The van der Waals surface area contributed by atoms with Crippen LogP contribution in [0, 0.1) is 17.6 Å². The summed E-state index contributed by atoms with van der Waals surface area (Å²) in [4.78, 5) is 18.3. The van der Waals surface area contributed by atoms with Gasteiger partial charge < -0.3 is 20.2 Å². The van der Waals surface area contributed by atoms with Crippen LogP contribution in [0.4, 0.5) is 19.3 Å². The molecular formula is C28H35F2N3O3S. The molecule has 1 heterocycles. The van der Waals surface area contributed by atoms with Crippen LogP contribution in [0.1, 0.15) is 44.1 Å². The monoisotopic (exact) mass is 531 g/mol. The Morgan fingerprint density at radius 2 is 2.05 bits per heavy atom. The molecule has 1 aliphatic heterocycles. The van der Waals surface area contributed by atoms with Crippen LogP contribution in [0.2, 0.25) is 0 Å². The molecule has 2 amide bonds. The summed E-state index contributed by atoms with van der Waals surface area (Å²) in [5.74, 6) is -1.48. The predicted octanol–water partition coefficient (Wildman–Crippen LogP) is 4.50. The highest BCUT2D eigenvalue weighted by Gasteiger charge is 2.58. The van der Waals surface area contributed by atoms with Crippen molar-refractivity contribution in [1.29, 1.82) is 0 Å². The van der Waals surface area contributed by atoms with E-state index in [9.17, 15) is 22.9 Å². The van der Waals surface area contributed by atoms with Crippen molar-refractivity contribution >= 4 is 22.5 Å². The maximum atomic E-state index is 13.7. The number of aliphatic hydroxyl groups excluding tert-OH is 1. The van der Waals surface area contributed by atoms with Crippen LogP contribution in [0.15, 0.2) is 47.4 Å². The largest absolute Gasteiger partial charge is 0.392 e. The smallest absolute Gasteiger partial charge is 0.322 e. The van der Waals surface area contributed by atoms with E-state index in [2.05, 4.69) is 22.3 Å². The number of amides is 2. The summed E-state index contributed by atoms with van der Waals surface area (Å²) in [5, 5.41) is 12.6.